The maximum Gasteiger partial charge on any atom is 0.0333 e. The predicted molar refractivity (Wildman–Crippen MR) is 55.4 cm³/mol. The first-order valence-corrected chi connectivity index (χ1v) is 4.96. The Morgan fingerprint density at radius 1 is 1.17 bits per heavy atom. The number of hydrogen-bond donors (Lipinski definition) is 0. The van der Waals surface area contributed by atoms with Crippen LogP contribution >= 0.6 is 11.8 Å². The van der Waals surface area contributed by atoms with Crippen molar-refractivity contribution >= 4 is 17.8 Å². The van der Waals surface area contributed by atoms with Crippen molar-refractivity contribution in [2.75, 3.05) is 0 Å². The predicted octanol–water partition coefficient (Wildman–Crippen LogP) is 3.58. The highest BCUT2D eigenvalue weighted by Gasteiger charge is 2.20. The van der Waals surface area contributed by atoms with Gasteiger partial charge in [-0.2, -0.15) is 0 Å². The van der Waals surface area contributed by atoms with Gasteiger partial charge in [0.2, 0.25) is 0 Å². The van der Waals surface area contributed by atoms with Crippen molar-refractivity contribution in [3.8, 4) is 0 Å². The van der Waals surface area contributed by atoms with Crippen LogP contribution in [0, 0.1) is 0 Å². The van der Waals surface area contributed by atoms with Gasteiger partial charge in [-0.05, 0) is 25.5 Å². The van der Waals surface area contributed by atoms with Gasteiger partial charge < -0.3 is 0 Å². The van der Waals surface area contributed by atoms with E-state index in [2.05, 4.69) is 50.3 Å². The normalized spacial score (nSPS) is 18.8. The van der Waals surface area contributed by atoms with Crippen LogP contribution in [0.3, 0.4) is 0 Å². The molecule has 2 rings (SSSR count). The number of rotatable bonds is 0. The molecule has 1 aliphatic rings. The summed E-state index contributed by atoms with van der Waals surface area (Å²) in [4.78, 5) is 1.39. The topological polar surface area (TPSA) is 0 Å². The third kappa shape index (κ3) is 1.42. The van der Waals surface area contributed by atoms with Gasteiger partial charge in [0, 0.05) is 9.64 Å². The molecule has 0 amide bonds. The van der Waals surface area contributed by atoms with E-state index in [0.717, 1.165) is 0 Å². The van der Waals surface area contributed by atoms with Gasteiger partial charge in [-0.3, -0.25) is 0 Å². The zero-order valence-electron chi connectivity index (χ0n) is 7.37. The second-order valence-corrected chi connectivity index (χ2v) is 5.27. The van der Waals surface area contributed by atoms with E-state index in [0.29, 0.717) is 0 Å². The highest BCUT2D eigenvalue weighted by Crippen LogP contribution is 2.39. The van der Waals surface area contributed by atoms with Gasteiger partial charge in [0.1, 0.15) is 0 Å². The molecule has 0 aromatic heterocycles. The standard InChI is InChI=1S/C11H12S/c1-11(2)8-7-9-5-3-4-6-10(9)12-11/h3-8H,1-2H3. The van der Waals surface area contributed by atoms with Crippen LogP contribution in [-0.4, -0.2) is 4.75 Å². The van der Waals surface area contributed by atoms with E-state index in [1.54, 1.807) is 0 Å². The van der Waals surface area contributed by atoms with E-state index >= 15 is 0 Å². The number of fused-ring (bicyclic) bond motifs is 1. The number of benzene rings is 1. The summed E-state index contributed by atoms with van der Waals surface area (Å²) in [6.45, 7) is 4.48. The second-order valence-electron chi connectivity index (χ2n) is 3.58. The van der Waals surface area contributed by atoms with E-state index in [-0.39, 0.29) is 4.75 Å². The van der Waals surface area contributed by atoms with E-state index in [1.165, 1.54) is 10.5 Å². The lowest BCUT2D eigenvalue weighted by Gasteiger charge is -2.24. The van der Waals surface area contributed by atoms with E-state index < -0.39 is 0 Å². The summed E-state index contributed by atoms with van der Waals surface area (Å²) in [7, 11) is 0. The van der Waals surface area contributed by atoms with Crippen LogP contribution < -0.4 is 0 Å². The Balaban J connectivity index is 2.46. The zero-order chi connectivity index (χ0) is 8.60. The Morgan fingerprint density at radius 3 is 2.75 bits per heavy atom. The quantitative estimate of drug-likeness (QED) is 0.582. The molecule has 1 aromatic rings. The minimum Gasteiger partial charge on any atom is -0.115 e. The molecule has 0 bridgehead atoms. The summed E-state index contributed by atoms with van der Waals surface area (Å²) in [5.74, 6) is 0. The number of thioether (sulfide) groups is 1. The molecule has 0 fully saturated rings. The molecule has 0 nitrogen and oxygen atoms in total. The fourth-order valence-electron chi connectivity index (χ4n) is 1.32. The van der Waals surface area contributed by atoms with Crippen molar-refractivity contribution in [1.82, 2.24) is 0 Å². The summed E-state index contributed by atoms with van der Waals surface area (Å²) in [5, 5.41) is 0. The Morgan fingerprint density at radius 2 is 1.92 bits per heavy atom. The lowest BCUT2D eigenvalue weighted by molar-refractivity contribution is 0.896. The lowest BCUT2D eigenvalue weighted by Crippen LogP contribution is -2.12. The smallest absolute Gasteiger partial charge is 0.0333 e. The van der Waals surface area contributed by atoms with Gasteiger partial charge in [-0.1, -0.05) is 30.4 Å². The Labute approximate surface area is 77.7 Å². The molecule has 1 aromatic carbocycles. The zero-order valence-corrected chi connectivity index (χ0v) is 8.19. The van der Waals surface area contributed by atoms with Crippen molar-refractivity contribution < 1.29 is 0 Å². The van der Waals surface area contributed by atoms with Crippen LogP contribution in [0.4, 0.5) is 0 Å². The van der Waals surface area contributed by atoms with Crippen LogP contribution in [0.5, 0.6) is 0 Å². The fraction of sp³-hybridized carbons (Fsp3) is 0.273. The van der Waals surface area contributed by atoms with E-state index in [9.17, 15) is 0 Å². The average Bonchev–Trinajstić information content (AvgIpc) is 2.02. The molecular weight excluding hydrogens is 164 g/mol. The highest BCUT2D eigenvalue weighted by atomic mass is 32.2. The second kappa shape index (κ2) is 2.67. The van der Waals surface area contributed by atoms with Crippen LogP contribution in [0.1, 0.15) is 19.4 Å². The molecule has 0 atom stereocenters. The molecule has 12 heavy (non-hydrogen) atoms. The van der Waals surface area contributed by atoms with Crippen LogP contribution in [0.25, 0.3) is 6.08 Å². The first-order valence-electron chi connectivity index (χ1n) is 4.15. The van der Waals surface area contributed by atoms with Crippen LogP contribution in [-0.2, 0) is 0 Å². The fourth-order valence-corrected chi connectivity index (χ4v) is 2.42. The van der Waals surface area contributed by atoms with Crippen LogP contribution in [0.15, 0.2) is 35.2 Å². The highest BCUT2D eigenvalue weighted by molar-refractivity contribution is 8.01. The van der Waals surface area contributed by atoms with E-state index in [4.69, 9.17) is 0 Å². The first-order chi connectivity index (χ1) is 5.67. The molecule has 0 N–H and O–H groups in total. The Bertz CT molecular complexity index is 324. The first kappa shape index (κ1) is 7.93. The van der Waals surface area contributed by atoms with Crippen molar-refractivity contribution in [3.63, 3.8) is 0 Å². The average molecular weight is 176 g/mol. The minimum atomic E-state index is 0.258. The van der Waals surface area contributed by atoms with E-state index in [1.807, 2.05) is 11.8 Å². The summed E-state index contributed by atoms with van der Waals surface area (Å²) >= 11 is 1.93. The molecule has 0 saturated heterocycles. The monoisotopic (exact) mass is 176 g/mol. The summed E-state index contributed by atoms with van der Waals surface area (Å²) in [6, 6.07) is 8.53. The maximum atomic E-state index is 2.26. The molecule has 62 valence electrons. The molecular formula is C11H12S. The third-order valence-corrected chi connectivity index (χ3v) is 3.21. The third-order valence-electron chi connectivity index (χ3n) is 1.96. The molecule has 1 heterocycles. The van der Waals surface area contributed by atoms with Gasteiger partial charge in [-0.15, -0.1) is 11.8 Å². The van der Waals surface area contributed by atoms with Gasteiger partial charge in [0.15, 0.2) is 0 Å². The summed E-state index contributed by atoms with van der Waals surface area (Å²) in [5.41, 5.74) is 1.35. The molecule has 1 aliphatic heterocycles. The largest absolute Gasteiger partial charge is 0.115 e. The minimum absolute atomic E-state index is 0.258. The van der Waals surface area contributed by atoms with Crippen LogP contribution in [0.2, 0.25) is 0 Å². The Kier molecular flexibility index (Phi) is 1.76. The lowest BCUT2D eigenvalue weighted by atomic mass is 10.1. The van der Waals surface area contributed by atoms with Gasteiger partial charge in [-0.25, -0.2) is 0 Å². The SMILES string of the molecule is CC1(C)C=Cc2ccccc2S1. The molecule has 0 spiro atoms. The molecule has 0 unspecified atom stereocenters. The van der Waals surface area contributed by atoms with Gasteiger partial charge in [0.25, 0.3) is 0 Å². The molecule has 0 radical (unpaired) electrons. The van der Waals surface area contributed by atoms with Crippen molar-refractivity contribution in [1.29, 1.82) is 0 Å². The van der Waals surface area contributed by atoms with Gasteiger partial charge in [0.05, 0.1) is 0 Å². The number of hydrogen-bond acceptors (Lipinski definition) is 1. The van der Waals surface area contributed by atoms with Crippen molar-refractivity contribution in [2.24, 2.45) is 0 Å². The van der Waals surface area contributed by atoms with Crippen molar-refractivity contribution in [3.05, 3.63) is 35.9 Å². The molecule has 0 aliphatic carbocycles. The maximum absolute atomic E-state index is 2.26. The van der Waals surface area contributed by atoms with Gasteiger partial charge >= 0.3 is 0 Å². The summed E-state index contributed by atoms with van der Waals surface area (Å²) < 4.78 is 0.258. The summed E-state index contributed by atoms with van der Waals surface area (Å²) in [6.07, 6.45) is 4.48. The van der Waals surface area contributed by atoms with Crippen molar-refractivity contribution in [2.45, 2.75) is 23.5 Å². The molecule has 1 heteroatoms. The Hall–Kier alpha value is -0.690. The molecule has 0 saturated carbocycles.